The number of rotatable bonds is 4. The van der Waals surface area contributed by atoms with Crippen molar-refractivity contribution in [2.75, 3.05) is 0 Å². The van der Waals surface area contributed by atoms with E-state index in [1.165, 1.54) is 12.1 Å². The number of nitrogens with one attached hydrogen (secondary N) is 1. The van der Waals surface area contributed by atoms with Crippen LogP contribution in [0.3, 0.4) is 0 Å². The number of hydrogen-bond acceptors (Lipinski definition) is 3. The number of benzene rings is 2. The lowest BCUT2D eigenvalue weighted by Gasteiger charge is -2.23. The molecule has 1 N–H and O–H groups in total. The third kappa shape index (κ3) is 6.22. The van der Waals surface area contributed by atoms with Gasteiger partial charge in [0.2, 0.25) is 0 Å². The number of Topliss-reactive ketones (excluding diaryl/α,β-unsaturated/α-hetero) is 1. The molecule has 0 radical (unpaired) electrons. The Balaban J connectivity index is 2.36. The van der Waals surface area contributed by atoms with E-state index in [9.17, 15) is 22.8 Å². The van der Waals surface area contributed by atoms with Gasteiger partial charge in [-0.3, -0.25) is 4.79 Å². The maximum absolute atomic E-state index is 12.9. The molecule has 2 rings (SSSR count). The van der Waals surface area contributed by atoms with E-state index in [4.69, 9.17) is 4.74 Å². The Morgan fingerprint density at radius 1 is 0.964 bits per heavy atom. The van der Waals surface area contributed by atoms with Gasteiger partial charge in [-0.25, -0.2) is 4.79 Å². The summed E-state index contributed by atoms with van der Waals surface area (Å²) in [4.78, 5) is 25.1. The molecule has 150 valence electrons. The number of carbonyl (C=O) groups is 2. The van der Waals surface area contributed by atoms with Gasteiger partial charge in [0.25, 0.3) is 0 Å². The van der Waals surface area contributed by atoms with Crippen molar-refractivity contribution in [3.63, 3.8) is 0 Å². The van der Waals surface area contributed by atoms with Crippen molar-refractivity contribution in [3.8, 4) is 0 Å². The van der Waals surface area contributed by atoms with Gasteiger partial charge in [-0.2, -0.15) is 13.2 Å². The van der Waals surface area contributed by atoms with Gasteiger partial charge < -0.3 is 10.1 Å². The van der Waals surface area contributed by atoms with Crippen LogP contribution in [0.15, 0.2) is 48.5 Å². The standard InChI is InChI=1S/C20H19F3INO3/c1-19(2,3)28-18(27)25-16(17(26)13-6-10-15(24)11-7-13)12-4-8-14(9-5-12)20(21,22)23/h4-11,16H,1-3H3,(H,25,27). The average molecular weight is 505 g/mol. The van der Waals surface area contributed by atoms with Crippen LogP contribution in [0.5, 0.6) is 0 Å². The van der Waals surface area contributed by atoms with Crippen LogP contribution in [0.1, 0.15) is 48.3 Å². The first-order chi connectivity index (χ1) is 12.9. The predicted molar refractivity (Wildman–Crippen MR) is 107 cm³/mol. The molecule has 0 bridgehead atoms. The third-order valence-electron chi connectivity index (χ3n) is 3.62. The summed E-state index contributed by atoms with van der Waals surface area (Å²) < 4.78 is 44.6. The van der Waals surface area contributed by atoms with Crippen molar-refractivity contribution >= 4 is 34.5 Å². The second-order valence-corrected chi connectivity index (χ2v) is 8.32. The topological polar surface area (TPSA) is 55.4 Å². The van der Waals surface area contributed by atoms with E-state index in [2.05, 4.69) is 27.9 Å². The number of ether oxygens (including phenoxy) is 1. The monoisotopic (exact) mass is 505 g/mol. The molecular weight excluding hydrogens is 486 g/mol. The van der Waals surface area contributed by atoms with Crippen LogP contribution >= 0.6 is 22.6 Å². The molecule has 0 aliphatic heterocycles. The molecule has 28 heavy (non-hydrogen) atoms. The number of amides is 1. The Hall–Kier alpha value is -2.10. The molecule has 0 aliphatic rings. The van der Waals surface area contributed by atoms with E-state index in [0.29, 0.717) is 5.56 Å². The zero-order valence-corrected chi connectivity index (χ0v) is 17.6. The maximum Gasteiger partial charge on any atom is 0.416 e. The summed E-state index contributed by atoms with van der Waals surface area (Å²) in [6, 6.07) is 9.56. The van der Waals surface area contributed by atoms with Gasteiger partial charge in [0.15, 0.2) is 5.78 Å². The van der Waals surface area contributed by atoms with Crippen LogP contribution < -0.4 is 5.32 Å². The lowest BCUT2D eigenvalue weighted by molar-refractivity contribution is -0.137. The normalized spacial score (nSPS) is 13.0. The zero-order chi connectivity index (χ0) is 21.1. The molecule has 1 unspecified atom stereocenters. The molecule has 0 aliphatic carbocycles. The lowest BCUT2D eigenvalue weighted by atomic mass is 9.96. The van der Waals surface area contributed by atoms with Crippen molar-refractivity contribution in [1.82, 2.24) is 5.32 Å². The fourth-order valence-corrected chi connectivity index (χ4v) is 2.73. The average Bonchev–Trinajstić information content (AvgIpc) is 2.57. The summed E-state index contributed by atoms with van der Waals surface area (Å²) >= 11 is 2.09. The van der Waals surface area contributed by atoms with Gasteiger partial charge in [0, 0.05) is 9.13 Å². The van der Waals surface area contributed by atoms with Gasteiger partial charge in [-0.1, -0.05) is 24.3 Å². The fourth-order valence-electron chi connectivity index (χ4n) is 2.37. The Morgan fingerprint density at radius 3 is 1.96 bits per heavy atom. The van der Waals surface area contributed by atoms with E-state index >= 15 is 0 Å². The number of halogens is 4. The van der Waals surface area contributed by atoms with Gasteiger partial charge in [0.1, 0.15) is 11.6 Å². The van der Waals surface area contributed by atoms with Crippen molar-refractivity contribution < 1.29 is 27.5 Å². The van der Waals surface area contributed by atoms with E-state index < -0.39 is 35.3 Å². The summed E-state index contributed by atoms with van der Waals surface area (Å²) in [5.74, 6) is -0.456. The van der Waals surface area contributed by atoms with Crippen LogP contribution in [-0.2, 0) is 10.9 Å². The molecule has 0 heterocycles. The van der Waals surface area contributed by atoms with Crippen LogP contribution in [0, 0.1) is 3.57 Å². The van der Waals surface area contributed by atoms with E-state index in [-0.39, 0.29) is 5.56 Å². The Kier molecular flexibility index (Phi) is 6.74. The molecule has 0 spiro atoms. The van der Waals surface area contributed by atoms with Crippen molar-refractivity contribution in [3.05, 3.63) is 68.8 Å². The second-order valence-electron chi connectivity index (χ2n) is 7.07. The molecular formula is C20H19F3INO3. The minimum absolute atomic E-state index is 0.224. The largest absolute Gasteiger partial charge is 0.444 e. The predicted octanol–water partition coefficient (Wildman–Crippen LogP) is 5.76. The molecule has 8 heteroatoms. The highest BCUT2D eigenvalue weighted by Crippen LogP contribution is 2.30. The summed E-state index contributed by atoms with van der Waals surface area (Å²) in [7, 11) is 0. The number of alkyl carbamates (subject to hydrolysis) is 1. The summed E-state index contributed by atoms with van der Waals surface area (Å²) in [5, 5.41) is 2.47. The number of ketones is 1. The van der Waals surface area contributed by atoms with Gasteiger partial charge in [-0.15, -0.1) is 0 Å². The Morgan fingerprint density at radius 2 is 1.50 bits per heavy atom. The van der Waals surface area contributed by atoms with E-state index in [1.807, 2.05) is 0 Å². The minimum atomic E-state index is -4.49. The third-order valence-corrected chi connectivity index (χ3v) is 4.34. The molecule has 0 saturated carbocycles. The van der Waals surface area contributed by atoms with Crippen LogP contribution in [0.2, 0.25) is 0 Å². The maximum atomic E-state index is 12.9. The first-order valence-corrected chi connectivity index (χ1v) is 9.41. The van der Waals surface area contributed by atoms with Crippen LogP contribution in [0.25, 0.3) is 0 Å². The highest BCUT2D eigenvalue weighted by Gasteiger charge is 2.31. The van der Waals surface area contributed by atoms with Gasteiger partial charge in [-0.05, 0) is 73.2 Å². The molecule has 1 atom stereocenters. The van der Waals surface area contributed by atoms with Crippen molar-refractivity contribution in [2.45, 2.75) is 38.6 Å². The number of hydrogen-bond donors (Lipinski definition) is 1. The SMILES string of the molecule is CC(C)(C)OC(=O)NC(C(=O)c1ccc(I)cc1)c1ccc(C(F)(F)F)cc1. The van der Waals surface area contributed by atoms with Crippen molar-refractivity contribution in [1.29, 1.82) is 0 Å². The zero-order valence-electron chi connectivity index (χ0n) is 15.4. The molecule has 2 aromatic rings. The fraction of sp³-hybridized carbons (Fsp3) is 0.300. The van der Waals surface area contributed by atoms with Gasteiger partial charge >= 0.3 is 12.3 Å². The summed E-state index contributed by atoms with van der Waals surface area (Å²) in [6.45, 7) is 5.00. The molecule has 4 nitrogen and oxygen atoms in total. The summed E-state index contributed by atoms with van der Waals surface area (Å²) in [6.07, 6.45) is -5.33. The van der Waals surface area contributed by atoms with E-state index in [1.54, 1.807) is 45.0 Å². The quantitative estimate of drug-likeness (QED) is 0.425. The summed E-state index contributed by atoms with van der Waals surface area (Å²) in [5.41, 5.74) is -1.08. The minimum Gasteiger partial charge on any atom is -0.444 e. The first-order valence-electron chi connectivity index (χ1n) is 8.33. The van der Waals surface area contributed by atoms with Gasteiger partial charge in [0.05, 0.1) is 5.56 Å². The number of alkyl halides is 3. The molecule has 0 fully saturated rings. The molecule has 2 aromatic carbocycles. The molecule has 1 amide bonds. The smallest absolute Gasteiger partial charge is 0.416 e. The highest BCUT2D eigenvalue weighted by atomic mass is 127. The molecule has 0 saturated heterocycles. The van der Waals surface area contributed by atoms with Crippen LogP contribution in [0.4, 0.5) is 18.0 Å². The molecule has 0 aromatic heterocycles. The second kappa shape index (κ2) is 8.50. The van der Waals surface area contributed by atoms with E-state index in [0.717, 1.165) is 15.7 Å². The Bertz CT molecular complexity index is 841. The van der Waals surface area contributed by atoms with Crippen LogP contribution in [-0.4, -0.2) is 17.5 Å². The first kappa shape index (κ1) is 22.2. The highest BCUT2D eigenvalue weighted by molar-refractivity contribution is 14.1. The van der Waals surface area contributed by atoms with Crippen molar-refractivity contribution in [2.24, 2.45) is 0 Å². The lowest BCUT2D eigenvalue weighted by Crippen LogP contribution is -2.38. The number of carbonyl (C=O) groups excluding carboxylic acids is 2. The Labute approximate surface area is 174 Å².